The Kier molecular flexibility index (Phi) is 4.85. The van der Waals surface area contributed by atoms with Crippen molar-refractivity contribution in [2.75, 3.05) is 25.7 Å². The van der Waals surface area contributed by atoms with Crippen LogP contribution in [-0.4, -0.2) is 26.7 Å². The zero-order valence-electron chi connectivity index (χ0n) is 14.0. The number of hydrogen-bond donors (Lipinski definition) is 0. The van der Waals surface area contributed by atoms with Crippen molar-refractivity contribution in [3.05, 3.63) is 59.7 Å². The van der Waals surface area contributed by atoms with Crippen molar-refractivity contribution in [3.8, 4) is 11.5 Å². The van der Waals surface area contributed by atoms with E-state index in [2.05, 4.69) is 6.07 Å². The van der Waals surface area contributed by atoms with Gasteiger partial charge in [-0.15, -0.1) is 0 Å². The summed E-state index contributed by atoms with van der Waals surface area (Å²) in [7, 11) is 3.20. The van der Waals surface area contributed by atoms with Crippen LogP contribution in [0, 0.1) is 0 Å². The van der Waals surface area contributed by atoms with Gasteiger partial charge in [0.25, 0.3) is 5.91 Å². The molecule has 0 aromatic heterocycles. The van der Waals surface area contributed by atoms with E-state index in [0.717, 1.165) is 30.6 Å². The molecule has 0 saturated heterocycles. The van der Waals surface area contributed by atoms with Gasteiger partial charge in [-0.25, -0.2) is 0 Å². The van der Waals surface area contributed by atoms with E-state index < -0.39 is 0 Å². The molecular weight excluding hydrogens is 302 g/mol. The number of anilines is 1. The maximum Gasteiger partial charge on any atom is 0.250 e. The Morgan fingerprint density at radius 3 is 2.67 bits per heavy atom. The smallest absolute Gasteiger partial charge is 0.250 e. The Labute approximate surface area is 142 Å². The molecule has 0 radical (unpaired) electrons. The fourth-order valence-corrected chi connectivity index (χ4v) is 2.98. The molecule has 0 N–H and O–H groups in total. The number of carbonyl (C=O) groups excluding carboxylic acids is 1. The zero-order valence-corrected chi connectivity index (χ0v) is 14.0. The first-order valence-electron chi connectivity index (χ1n) is 8.02. The molecule has 2 aromatic carbocycles. The normalized spacial score (nSPS) is 13.7. The van der Waals surface area contributed by atoms with Crippen molar-refractivity contribution in [1.82, 2.24) is 0 Å². The van der Waals surface area contributed by atoms with Crippen LogP contribution in [0.3, 0.4) is 0 Å². The zero-order chi connectivity index (χ0) is 16.9. The SMILES string of the molecule is COc1ccc(C=CC(=O)N2CCCc3ccccc32)cc1OC. The Bertz CT molecular complexity index is 767. The average Bonchev–Trinajstić information content (AvgIpc) is 2.65. The molecule has 1 aliphatic heterocycles. The molecule has 0 spiro atoms. The van der Waals surface area contributed by atoms with Crippen molar-refractivity contribution in [2.45, 2.75) is 12.8 Å². The molecule has 2 aromatic rings. The number of methoxy groups -OCH3 is 2. The van der Waals surface area contributed by atoms with Crippen LogP contribution in [0.4, 0.5) is 5.69 Å². The third-order valence-corrected chi connectivity index (χ3v) is 4.20. The van der Waals surface area contributed by atoms with E-state index in [0.29, 0.717) is 11.5 Å². The highest BCUT2D eigenvalue weighted by atomic mass is 16.5. The molecule has 1 amide bonds. The van der Waals surface area contributed by atoms with E-state index in [-0.39, 0.29) is 5.91 Å². The maximum atomic E-state index is 12.6. The van der Waals surface area contributed by atoms with E-state index in [4.69, 9.17) is 9.47 Å². The molecule has 3 rings (SSSR count). The molecule has 1 heterocycles. The van der Waals surface area contributed by atoms with Gasteiger partial charge in [0.1, 0.15) is 0 Å². The molecular formula is C20H21NO3. The highest BCUT2D eigenvalue weighted by Gasteiger charge is 2.20. The molecule has 4 heteroatoms. The Morgan fingerprint density at radius 2 is 1.88 bits per heavy atom. The lowest BCUT2D eigenvalue weighted by Crippen LogP contribution is -2.34. The van der Waals surface area contributed by atoms with Crippen LogP contribution in [0.5, 0.6) is 11.5 Å². The third kappa shape index (κ3) is 3.27. The molecule has 0 aliphatic carbocycles. The topological polar surface area (TPSA) is 38.8 Å². The summed E-state index contributed by atoms with van der Waals surface area (Å²) >= 11 is 0. The van der Waals surface area contributed by atoms with Gasteiger partial charge in [0.2, 0.25) is 0 Å². The summed E-state index contributed by atoms with van der Waals surface area (Å²) in [5.41, 5.74) is 3.15. The van der Waals surface area contributed by atoms with Crippen LogP contribution in [0.25, 0.3) is 6.08 Å². The summed E-state index contributed by atoms with van der Waals surface area (Å²) in [6, 6.07) is 13.7. The van der Waals surface area contributed by atoms with Gasteiger partial charge in [-0.05, 0) is 48.2 Å². The first-order chi connectivity index (χ1) is 11.7. The second-order valence-corrected chi connectivity index (χ2v) is 5.67. The van der Waals surface area contributed by atoms with Gasteiger partial charge in [0.15, 0.2) is 11.5 Å². The fourth-order valence-electron chi connectivity index (χ4n) is 2.98. The number of hydrogen-bond acceptors (Lipinski definition) is 3. The predicted octanol–water partition coefficient (Wildman–Crippen LogP) is 3.70. The van der Waals surface area contributed by atoms with Gasteiger partial charge in [0, 0.05) is 18.3 Å². The van der Waals surface area contributed by atoms with Gasteiger partial charge in [-0.2, -0.15) is 0 Å². The number of rotatable bonds is 4. The van der Waals surface area contributed by atoms with Crippen LogP contribution in [0.1, 0.15) is 17.5 Å². The number of fused-ring (bicyclic) bond motifs is 1. The molecule has 0 saturated carbocycles. The van der Waals surface area contributed by atoms with Crippen LogP contribution in [0.2, 0.25) is 0 Å². The quantitative estimate of drug-likeness (QED) is 0.805. The summed E-state index contributed by atoms with van der Waals surface area (Å²) in [6.07, 6.45) is 5.44. The molecule has 0 bridgehead atoms. The average molecular weight is 323 g/mol. The molecule has 1 aliphatic rings. The minimum absolute atomic E-state index is 0.00284. The minimum Gasteiger partial charge on any atom is -0.493 e. The first kappa shape index (κ1) is 16.1. The highest BCUT2D eigenvalue weighted by molar-refractivity contribution is 6.04. The van der Waals surface area contributed by atoms with E-state index in [1.807, 2.05) is 47.4 Å². The largest absolute Gasteiger partial charge is 0.493 e. The lowest BCUT2D eigenvalue weighted by Gasteiger charge is -2.28. The second kappa shape index (κ2) is 7.21. The number of benzene rings is 2. The summed E-state index contributed by atoms with van der Waals surface area (Å²) in [5.74, 6) is 1.32. The number of aryl methyl sites for hydroxylation is 1. The summed E-state index contributed by atoms with van der Waals surface area (Å²) in [6.45, 7) is 0.756. The minimum atomic E-state index is -0.00284. The summed E-state index contributed by atoms with van der Waals surface area (Å²) in [4.78, 5) is 14.4. The number of amides is 1. The van der Waals surface area contributed by atoms with Gasteiger partial charge >= 0.3 is 0 Å². The number of ether oxygens (including phenoxy) is 2. The van der Waals surface area contributed by atoms with Crippen LogP contribution in [-0.2, 0) is 11.2 Å². The van der Waals surface area contributed by atoms with Crippen molar-refractivity contribution < 1.29 is 14.3 Å². The van der Waals surface area contributed by atoms with Crippen LogP contribution < -0.4 is 14.4 Å². The summed E-state index contributed by atoms with van der Waals surface area (Å²) in [5, 5.41) is 0. The van der Waals surface area contributed by atoms with Crippen LogP contribution >= 0.6 is 0 Å². The third-order valence-electron chi connectivity index (χ3n) is 4.20. The van der Waals surface area contributed by atoms with Gasteiger partial charge in [0.05, 0.1) is 14.2 Å². The Morgan fingerprint density at radius 1 is 1.08 bits per heavy atom. The highest BCUT2D eigenvalue weighted by Crippen LogP contribution is 2.29. The second-order valence-electron chi connectivity index (χ2n) is 5.67. The van der Waals surface area contributed by atoms with Gasteiger partial charge < -0.3 is 14.4 Å². The maximum absolute atomic E-state index is 12.6. The molecule has 0 fully saturated rings. The monoisotopic (exact) mass is 323 g/mol. The van der Waals surface area contributed by atoms with Crippen molar-refractivity contribution in [3.63, 3.8) is 0 Å². The Hall–Kier alpha value is -2.75. The molecule has 0 atom stereocenters. The molecule has 4 nitrogen and oxygen atoms in total. The summed E-state index contributed by atoms with van der Waals surface area (Å²) < 4.78 is 10.5. The standard InChI is InChI=1S/C20H21NO3/c1-23-18-11-9-15(14-19(18)24-2)10-12-20(22)21-13-5-7-16-6-3-4-8-17(16)21/h3-4,6,8-12,14H,5,7,13H2,1-2H3. The predicted molar refractivity (Wildman–Crippen MR) is 95.7 cm³/mol. The van der Waals surface area contributed by atoms with E-state index in [9.17, 15) is 4.79 Å². The number of carbonyl (C=O) groups is 1. The number of nitrogens with zero attached hydrogens (tertiary/aromatic N) is 1. The van der Waals surface area contributed by atoms with Gasteiger partial charge in [-0.3, -0.25) is 4.79 Å². The first-order valence-corrected chi connectivity index (χ1v) is 8.02. The molecule has 0 unspecified atom stereocenters. The van der Waals surface area contributed by atoms with E-state index in [1.54, 1.807) is 20.3 Å². The fraction of sp³-hybridized carbons (Fsp3) is 0.250. The van der Waals surface area contributed by atoms with Gasteiger partial charge in [-0.1, -0.05) is 24.3 Å². The van der Waals surface area contributed by atoms with Crippen molar-refractivity contribution in [1.29, 1.82) is 0 Å². The Balaban J connectivity index is 1.79. The lowest BCUT2D eigenvalue weighted by molar-refractivity contribution is -0.114. The number of para-hydroxylation sites is 1. The van der Waals surface area contributed by atoms with Crippen LogP contribution in [0.15, 0.2) is 48.5 Å². The van der Waals surface area contributed by atoms with Crippen molar-refractivity contribution >= 4 is 17.7 Å². The van der Waals surface area contributed by atoms with Crippen molar-refractivity contribution in [2.24, 2.45) is 0 Å². The lowest BCUT2D eigenvalue weighted by atomic mass is 10.0. The molecule has 124 valence electrons. The van der Waals surface area contributed by atoms with E-state index in [1.165, 1.54) is 5.56 Å². The molecule has 24 heavy (non-hydrogen) atoms. The van der Waals surface area contributed by atoms with E-state index >= 15 is 0 Å².